The zero-order valence-electron chi connectivity index (χ0n) is 29.8. The van der Waals surface area contributed by atoms with Gasteiger partial charge in [-0.1, -0.05) is 111 Å². The molecule has 0 radical (unpaired) electrons. The van der Waals surface area contributed by atoms with Gasteiger partial charge in [-0.2, -0.15) is 0 Å². The largest absolute Gasteiger partial charge is 0.311 e. The van der Waals surface area contributed by atoms with Crippen molar-refractivity contribution in [2.24, 2.45) is 5.92 Å². The minimum atomic E-state index is 0.596. The summed E-state index contributed by atoms with van der Waals surface area (Å²) in [7, 11) is 0. The molecule has 2 heterocycles. The Labute approximate surface area is 310 Å². The van der Waals surface area contributed by atoms with E-state index in [0.29, 0.717) is 5.92 Å². The molecule has 0 bridgehead atoms. The summed E-state index contributed by atoms with van der Waals surface area (Å²) in [5.41, 5.74) is 11.1. The van der Waals surface area contributed by atoms with Gasteiger partial charge in [0.15, 0.2) is 11.6 Å². The molecule has 5 nitrogen and oxygen atoms in total. The fourth-order valence-electron chi connectivity index (χ4n) is 7.48. The number of aromatic nitrogens is 4. The lowest BCUT2D eigenvalue weighted by atomic mass is 10.0. The van der Waals surface area contributed by atoms with Crippen molar-refractivity contribution in [3.63, 3.8) is 0 Å². The topological polar surface area (TPSA) is 38.9 Å². The first-order valence-electron chi connectivity index (χ1n) is 18.3. The number of hydrogen-bond donors (Lipinski definition) is 0. The first-order chi connectivity index (χ1) is 26.1. The van der Waals surface area contributed by atoms with Crippen LogP contribution in [0.25, 0.3) is 56.0 Å². The molecular formula is C48H39N5. The number of rotatable bonds is 9. The predicted octanol–water partition coefficient (Wildman–Crippen LogP) is 12.4. The number of fused-ring (bicyclic) bond motifs is 3. The third-order valence-electron chi connectivity index (χ3n) is 9.88. The summed E-state index contributed by atoms with van der Waals surface area (Å²) in [4.78, 5) is 2.30. The van der Waals surface area contributed by atoms with Gasteiger partial charge in [0.1, 0.15) is 0 Å². The first kappa shape index (κ1) is 32.2. The molecule has 5 heteroatoms. The van der Waals surface area contributed by atoms with Crippen LogP contribution in [0.5, 0.6) is 0 Å². The second-order valence-electron chi connectivity index (χ2n) is 13.9. The lowest BCUT2D eigenvalue weighted by Gasteiger charge is -2.26. The summed E-state index contributed by atoms with van der Waals surface area (Å²) < 4.78 is 4.53. The number of anilines is 3. The quantitative estimate of drug-likeness (QED) is 0.152. The molecule has 2 aromatic heterocycles. The van der Waals surface area contributed by atoms with Crippen LogP contribution >= 0.6 is 0 Å². The summed E-state index contributed by atoms with van der Waals surface area (Å²) in [6.07, 6.45) is 1.04. The number of para-hydroxylation sites is 3. The minimum absolute atomic E-state index is 0.596. The van der Waals surface area contributed by atoms with Crippen molar-refractivity contribution in [1.29, 1.82) is 0 Å². The van der Waals surface area contributed by atoms with Crippen molar-refractivity contribution in [3.05, 3.63) is 188 Å². The maximum Gasteiger partial charge on any atom is 0.168 e. The highest BCUT2D eigenvalue weighted by molar-refractivity contribution is 6.09. The van der Waals surface area contributed by atoms with Gasteiger partial charge in [0.05, 0.1) is 11.0 Å². The standard InChI is InChI=1S/C48H39N5/c1-34(2)33-35-21-25-42(26-22-35)53-47(36-13-5-3-6-14-36)49-50-48(53)37-23-27-39(28-24-37)51(38-15-7-4-8-16-38)40-29-31-41(32-30-40)52-45-19-11-9-17-43(45)44-18-10-12-20-46(44)52/h3-32,34H,33H2,1-2H3. The summed E-state index contributed by atoms with van der Waals surface area (Å²) in [6, 6.07) is 64.4. The summed E-state index contributed by atoms with van der Waals surface area (Å²) in [5.74, 6) is 2.21. The van der Waals surface area contributed by atoms with Crippen LogP contribution in [0, 0.1) is 5.92 Å². The Morgan fingerprint density at radius 3 is 1.43 bits per heavy atom. The highest BCUT2D eigenvalue weighted by atomic mass is 15.3. The normalized spacial score (nSPS) is 11.5. The van der Waals surface area contributed by atoms with Crippen molar-refractivity contribution < 1.29 is 0 Å². The van der Waals surface area contributed by atoms with E-state index in [9.17, 15) is 0 Å². The third-order valence-corrected chi connectivity index (χ3v) is 9.88. The van der Waals surface area contributed by atoms with Crippen LogP contribution in [0.2, 0.25) is 0 Å². The Morgan fingerprint density at radius 1 is 0.434 bits per heavy atom. The van der Waals surface area contributed by atoms with Gasteiger partial charge in [-0.05, 0) is 103 Å². The Bertz CT molecular complexity index is 2580. The van der Waals surface area contributed by atoms with E-state index in [1.54, 1.807) is 0 Å². The zero-order chi connectivity index (χ0) is 35.7. The van der Waals surface area contributed by atoms with Gasteiger partial charge >= 0.3 is 0 Å². The molecule has 0 unspecified atom stereocenters. The lowest BCUT2D eigenvalue weighted by Crippen LogP contribution is -2.10. The minimum Gasteiger partial charge on any atom is -0.311 e. The van der Waals surface area contributed by atoms with Crippen LogP contribution in [0.15, 0.2) is 182 Å². The molecule has 9 rings (SSSR count). The molecule has 0 saturated carbocycles. The fourth-order valence-corrected chi connectivity index (χ4v) is 7.48. The zero-order valence-corrected chi connectivity index (χ0v) is 29.8. The van der Waals surface area contributed by atoms with Crippen LogP contribution in [0.3, 0.4) is 0 Å². The molecule has 0 fully saturated rings. The van der Waals surface area contributed by atoms with Gasteiger partial charge in [0.25, 0.3) is 0 Å². The smallest absolute Gasteiger partial charge is 0.168 e. The number of benzene rings is 7. The van der Waals surface area contributed by atoms with E-state index in [2.05, 4.69) is 192 Å². The van der Waals surface area contributed by atoms with E-state index in [1.165, 1.54) is 27.4 Å². The van der Waals surface area contributed by atoms with Gasteiger partial charge < -0.3 is 9.47 Å². The second kappa shape index (κ2) is 13.8. The van der Waals surface area contributed by atoms with Crippen LogP contribution in [-0.2, 0) is 6.42 Å². The predicted molar refractivity (Wildman–Crippen MR) is 220 cm³/mol. The number of hydrogen-bond acceptors (Lipinski definition) is 3. The molecule has 0 N–H and O–H groups in total. The second-order valence-corrected chi connectivity index (χ2v) is 13.9. The highest BCUT2D eigenvalue weighted by Gasteiger charge is 2.19. The van der Waals surface area contributed by atoms with E-state index in [1.807, 2.05) is 18.2 Å². The summed E-state index contributed by atoms with van der Waals surface area (Å²) in [6.45, 7) is 4.51. The van der Waals surface area contributed by atoms with Crippen molar-refractivity contribution in [2.45, 2.75) is 20.3 Å². The van der Waals surface area contributed by atoms with Crippen LogP contribution in [0.4, 0.5) is 17.1 Å². The highest BCUT2D eigenvalue weighted by Crippen LogP contribution is 2.38. The Balaban J connectivity index is 1.10. The summed E-state index contributed by atoms with van der Waals surface area (Å²) in [5, 5.41) is 12.0. The third kappa shape index (κ3) is 6.06. The molecule has 0 atom stereocenters. The maximum absolute atomic E-state index is 4.78. The Kier molecular flexibility index (Phi) is 8.37. The van der Waals surface area contributed by atoms with Crippen LogP contribution < -0.4 is 4.90 Å². The molecule has 256 valence electrons. The molecule has 0 aliphatic carbocycles. The average Bonchev–Trinajstić information content (AvgIpc) is 3.80. The Morgan fingerprint density at radius 2 is 0.868 bits per heavy atom. The monoisotopic (exact) mass is 685 g/mol. The SMILES string of the molecule is CC(C)Cc1ccc(-n2c(-c3ccccc3)nnc2-c2ccc(N(c3ccccc3)c3ccc(-n4c5ccccc5c5ccccc54)cc3)cc2)cc1. The summed E-state index contributed by atoms with van der Waals surface area (Å²) >= 11 is 0. The molecule has 0 aliphatic rings. The van der Waals surface area contributed by atoms with E-state index in [0.717, 1.165) is 57.6 Å². The molecule has 53 heavy (non-hydrogen) atoms. The molecule has 9 aromatic rings. The van der Waals surface area contributed by atoms with E-state index >= 15 is 0 Å². The number of nitrogens with zero attached hydrogens (tertiary/aromatic N) is 5. The van der Waals surface area contributed by atoms with Gasteiger partial charge in [-0.15, -0.1) is 10.2 Å². The molecule has 0 spiro atoms. The van der Waals surface area contributed by atoms with E-state index in [4.69, 9.17) is 10.2 Å². The van der Waals surface area contributed by atoms with Crippen molar-refractivity contribution in [2.75, 3.05) is 4.90 Å². The maximum atomic E-state index is 4.78. The lowest BCUT2D eigenvalue weighted by molar-refractivity contribution is 0.647. The molecule has 0 aliphatic heterocycles. The average molecular weight is 686 g/mol. The molecule has 0 amide bonds. The van der Waals surface area contributed by atoms with Gasteiger partial charge in [-0.25, -0.2) is 0 Å². The van der Waals surface area contributed by atoms with E-state index in [-0.39, 0.29) is 0 Å². The Hall–Kier alpha value is -6.72. The van der Waals surface area contributed by atoms with Gasteiger partial charge in [0.2, 0.25) is 0 Å². The molecular weight excluding hydrogens is 647 g/mol. The van der Waals surface area contributed by atoms with Crippen molar-refractivity contribution >= 4 is 38.9 Å². The van der Waals surface area contributed by atoms with E-state index < -0.39 is 0 Å². The molecule has 7 aromatic carbocycles. The van der Waals surface area contributed by atoms with Crippen LogP contribution in [-0.4, -0.2) is 19.3 Å². The first-order valence-corrected chi connectivity index (χ1v) is 18.3. The van der Waals surface area contributed by atoms with Crippen LogP contribution in [0.1, 0.15) is 19.4 Å². The van der Waals surface area contributed by atoms with Crippen molar-refractivity contribution in [3.8, 4) is 34.2 Å². The van der Waals surface area contributed by atoms with Crippen molar-refractivity contribution in [1.82, 2.24) is 19.3 Å². The fraction of sp³-hybridized carbons (Fsp3) is 0.0833. The van der Waals surface area contributed by atoms with Gasteiger partial charge in [-0.3, -0.25) is 4.57 Å². The molecule has 0 saturated heterocycles. The van der Waals surface area contributed by atoms with Gasteiger partial charge in [0, 0.05) is 50.3 Å².